The number of rotatable bonds is 8. The molecule has 0 unspecified atom stereocenters. The van der Waals surface area contributed by atoms with E-state index in [1.165, 1.54) is 25.7 Å². The first kappa shape index (κ1) is 13.6. The molecule has 0 aliphatic rings. The van der Waals surface area contributed by atoms with E-state index in [1.807, 2.05) is 0 Å². The first-order valence-electron chi connectivity index (χ1n) is 6.86. The molecule has 104 valence electrons. The first-order valence-corrected chi connectivity index (χ1v) is 6.86. The molecule has 0 aromatic carbocycles. The molecule has 0 atom stereocenters. The Bertz CT molecular complexity index is 511. The largest absolute Gasteiger partial charge is 0.476 e. The molecule has 2 aromatic heterocycles. The second-order valence-corrected chi connectivity index (χ2v) is 4.47. The van der Waals surface area contributed by atoms with E-state index < -0.39 is 0 Å². The number of nitrogens with zero attached hydrogens (tertiary/aromatic N) is 3. The van der Waals surface area contributed by atoms with Crippen LogP contribution in [0.5, 0.6) is 5.88 Å². The van der Waals surface area contributed by atoms with Crippen LogP contribution in [-0.2, 0) is 0 Å². The van der Waals surface area contributed by atoms with Gasteiger partial charge in [-0.25, -0.2) is 4.98 Å². The van der Waals surface area contributed by atoms with Gasteiger partial charge in [0.15, 0.2) is 5.65 Å². The minimum Gasteiger partial charge on any atom is -0.476 e. The van der Waals surface area contributed by atoms with Gasteiger partial charge in [0.05, 0.1) is 12.9 Å². The third-order valence-corrected chi connectivity index (χ3v) is 2.96. The number of anilines is 1. The van der Waals surface area contributed by atoms with Gasteiger partial charge in [-0.1, -0.05) is 32.6 Å². The molecule has 0 aliphatic carbocycles. The van der Waals surface area contributed by atoms with Crippen molar-refractivity contribution in [3.8, 4) is 5.88 Å². The van der Waals surface area contributed by atoms with Gasteiger partial charge < -0.3 is 15.0 Å². The summed E-state index contributed by atoms with van der Waals surface area (Å²) in [4.78, 5) is 15.7. The molecule has 2 aromatic rings. The highest BCUT2D eigenvalue weighted by molar-refractivity contribution is 5.76. The van der Waals surface area contributed by atoms with Gasteiger partial charge >= 0.3 is 0 Å². The van der Waals surface area contributed by atoms with Gasteiger partial charge in [-0.2, -0.15) is 9.97 Å². The van der Waals surface area contributed by atoms with Crippen LogP contribution in [0.25, 0.3) is 11.2 Å². The summed E-state index contributed by atoms with van der Waals surface area (Å²) in [6.07, 6.45) is 7.67. The number of aromatic nitrogens is 4. The van der Waals surface area contributed by atoms with Crippen molar-refractivity contribution in [1.82, 2.24) is 19.9 Å². The van der Waals surface area contributed by atoms with E-state index in [4.69, 9.17) is 4.74 Å². The minimum atomic E-state index is 0.528. The molecule has 19 heavy (non-hydrogen) atoms. The topological polar surface area (TPSA) is 75.7 Å². The van der Waals surface area contributed by atoms with Gasteiger partial charge in [-0.05, 0) is 6.42 Å². The number of unbranched alkanes of at least 4 members (excludes halogenated alkanes) is 4. The van der Waals surface area contributed by atoms with Gasteiger partial charge in [-0.15, -0.1) is 0 Å². The van der Waals surface area contributed by atoms with Gasteiger partial charge in [0.1, 0.15) is 5.52 Å². The van der Waals surface area contributed by atoms with Crippen molar-refractivity contribution in [2.24, 2.45) is 0 Å². The summed E-state index contributed by atoms with van der Waals surface area (Å²) in [5.74, 6) is 1.10. The van der Waals surface area contributed by atoms with Crippen LogP contribution in [0.1, 0.15) is 39.0 Å². The molecule has 2 rings (SSSR count). The zero-order valence-electron chi connectivity index (χ0n) is 11.6. The van der Waals surface area contributed by atoms with E-state index in [0.29, 0.717) is 24.1 Å². The van der Waals surface area contributed by atoms with E-state index in [-0.39, 0.29) is 0 Å². The lowest BCUT2D eigenvalue weighted by Crippen LogP contribution is -2.03. The number of H-pyrrole nitrogens is 1. The smallest absolute Gasteiger partial charge is 0.245 e. The highest BCUT2D eigenvalue weighted by atomic mass is 16.5. The molecule has 0 saturated carbocycles. The molecule has 2 heterocycles. The maximum absolute atomic E-state index is 5.74. The predicted molar refractivity (Wildman–Crippen MR) is 75.5 cm³/mol. The Hall–Kier alpha value is -1.85. The monoisotopic (exact) mass is 263 g/mol. The van der Waals surface area contributed by atoms with Crippen LogP contribution in [0.2, 0.25) is 0 Å². The molecule has 0 aliphatic heterocycles. The van der Waals surface area contributed by atoms with E-state index in [9.17, 15) is 0 Å². The number of fused-ring (bicyclic) bond motifs is 1. The zero-order chi connectivity index (χ0) is 13.5. The SMILES string of the molecule is CCCCCCCOc1nc(NC)nc2nc[nH]c12. The highest BCUT2D eigenvalue weighted by Crippen LogP contribution is 2.20. The number of hydrogen-bond acceptors (Lipinski definition) is 5. The Labute approximate surface area is 113 Å². The molecular weight excluding hydrogens is 242 g/mol. The predicted octanol–water partition coefficient (Wildman–Crippen LogP) is 2.74. The minimum absolute atomic E-state index is 0.528. The fourth-order valence-electron chi connectivity index (χ4n) is 1.90. The van der Waals surface area contributed by atoms with Crippen molar-refractivity contribution < 1.29 is 4.74 Å². The number of imidazole rings is 1. The molecule has 2 N–H and O–H groups in total. The highest BCUT2D eigenvalue weighted by Gasteiger charge is 2.10. The molecule has 6 nitrogen and oxygen atoms in total. The quantitative estimate of drug-likeness (QED) is 0.716. The summed E-state index contributed by atoms with van der Waals surface area (Å²) >= 11 is 0. The maximum Gasteiger partial charge on any atom is 0.245 e. The number of ether oxygens (including phenoxy) is 1. The van der Waals surface area contributed by atoms with Crippen LogP contribution in [0.3, 0.4) is 0 Å². The van der Waals surface area contributed by atoms with Gasteiger partial charge in [0, 0.05) is 7.05 Å². The first-order chi connectivity index (χ1) is 9.35. The molecule has 0 radical (unpaired) electrons. The lowest BCUT2D eigenvalue weighted by Gasteiger charge is -2.07. The van der Waals surface area contributed by atoms with Crippen molar-refractivity contribution in [3.05, 3.63) is 6.33 Å². The molecule has 0 saturated heterocycles. The summed E-state index contributed by atoms with van der Waals surface area (Å²) in [5.41, 5.74) is 1.38. The fourth-order valence-corrected chi connectivity index (χ4v) is 1.90. The normalized spacial score (nSPS) is 10.8. The van der Waals surface area contributed by atoms with Crippen molar-refractivity contribution in [2.75, 3.05) is 19.0 Å². The Balaban J connectivity index is 1.93. The van der Waals surface area contributed by atoms with E-state index in [2.05, 4.69) is 32.2 Å². The molecule has 0 amide bonds. The molecule has 0 spiro atoms. The standard InChI is InChI=1S/C13H21N5O/c1-3-4-5-6-7-8-19-12-10-11(16-9-15-10)17-13(14-2)18-12/h9H,3-8H2,1-2H3,(H2,14,15,16,17,18). The van der Waals surface area contributed by atoms with Gasteiger partial charge in [-0.3, -0.25) is 0 Å². The summed E-state index contributed by atoms with van der Waals surface area (Å²) in [5, 5.41) is 2.91. The van der Waals surface area contributed by atoms with Crippen molar-refractivity contribution in [1.29, 1.82) is 0 Å². The van der Waals surface area contributed by atoms with Gasteiger partial charge in [0.25, 0.3) is 0 Å². The third kappa shape index (κ3) is 3.56. The fraction of sp³-hybridized carbons (Fsp3) is 0.615. The maximum atomic E-state index is 5.74. The molecular formula is C13H21N5O. The molecule has 0 bridgehead atoms. The number of aromatic amines is 1. The van der Waals surface area contributed by atoms with Crippen LogP contribution in [0.15, 0.2) is 6.33 Å². The van der Waals surface area contributed by atoms with E-state index in [0.717, 1.165) is 11.9 Å². The second kappa shape index (κ2) is 6.92. The Morgan fingerprint density at radius 2 is 2.05 bits per heavy atom. The summed E-state index contributed by atoms with van der Waals surface area (Å²) in [6.45, 7) is 2.89. The van der Waals surface area contributed by atoms with Crippen LogP contribution in [-0.4, -0.2) is 33.6 Å². The zero-order valence-corrected chi connectivity index (χ0v) is 11.6. The summed E-state index contributed by atoms with van der Waals surface area (Å²) in [6, 6.07) is 0. The average Bonchev–Trinajstić information content (AvgIpc) is 2.90. The summed E-state index contributed by atoms with van der Waals surface area (Å²) < 4.78 is 5.74. The van der Waals surface area contributed by atoms with Crippen molar-refractivity contribution >= 4 is 17.1 Å². The van der Waals surface area contributed by atoms with Crippen LogP contribution in [0, 0.1) is 0 Å². The van der Waals surface area contributed by atoms with Crippen molar-refractivity contribution in [3.63, 3.8) is 0 Å². The Morgan fingerprint density at radius 3 is 2.84 bits per heavy atom. The van der Waals surface area contributed by atoms with E-state index >= 15 is 0 Å². The number of nitrogens with one attached hydrogen (secondary N) is 2. The Kier molecular flexibility index (Phi) is 4.94. The molecule has 6 heteroatoms. The van der Waals surface area contributed by atoms with Crippen LogP contribution >= 0.6 is 0 Å². The van der Waals surface area contributed by atoms with Gasteiger partial charge in [0.2, 0.25) is 11.8 Å². The third-order valence-electron chi connectivity index (χ3n) is 2.96. The summed E-state index contributed by atoms with van der Waals surface area (Å²) in [7, 11) is 1.78. The molecule has 0 fully saturated rings. The van der Waals surface area contributed by atoms with Crippen LogP contribution in [0.4, 0.5) is 5.95 Å². The van der Waals surface area contributed by atoms with E-state index in [1.54, 1.807) is 13.4 Å². The Morgan fingerprint density at radius 1 is 1.21 bits per heavy atom. The number of hydrogen-bond donors (Lipinski definition) is 2. The van der Waals surface area contributed by atoms with Crippen LogP contribution < -0.4 is 10.1 Å². The second-order valence-electron chi connectivity index (χ2n) is 4.47. The average molecular weight is 263 g/mol. The lowest BCUT2D eigenvalue weighted by atomic mass is 10.2. The van der Waals surface area contributed by atoms with Crippen molar-refractivity contribution in [2.45, 2.75) is 39.0 Å². The lowest BCUT2D eigenvalue weighted by molar-refractivity contribution is 0.296.